The lowest BCUT2D eigenvalue weighted by Crippen LogP contribution is -2.13. The Bertz CT molecular complexity index is 984. The number of aryl methyl sites for hydroxylation is 1. The minimum atomic E-state index is -4.36. The fourth-order valence-electron chi connectivity index (χ4n) is 2.30. The molecule has 2 aromatic rings. The van der Waals surface area contributed by atoms with Crippen molar-refractivity contribution in [2.75, 3.05) is 0 Å². The van der Waals surface area contributed by atoms with Crippen LogP contribution in [0, 0.1) is 17.6 Å². The van der Waals surface area contributed by atoms with Crippen molar-refractivity contribution in [3.63, 3.8) is 0 Å². The highest BCUT2D eigenvalue weighted by molar-refractivity contribution is 14.1. The molecule has 0 aliphatic carbocycles. The maximum atomic E-state index is 12.6. The summed E-state index contributed by atoms with van der Waals surface area (Å²) in [6.07, 6.45) is 0. The van der Waals surface area contributed by atoms with Gasteiger partial charge < -0.3 is 4.74 Å². The molecule has 140 valence electrons. The van der Waals surface area contributed by atoms with Gasteiger partial charge in [0.25, 0.3) is 10.1 Å². The number of carbonyl (C=O) groups is 1. The molecule has 5 nitrogen and oxygen atoms in total. The summed E-state index contributed by atoms with van der Waals surface area (Å²) in [5.41, 5.74) is 1.29. The Balaban J connectivity index is 2.49. The van der Waals surface area contributed by atoms with Crippen LogP contribution >= 0.6 is 67.8 Å². The van der Waals surface area contributed by atoms with Crippen molar-refractivity contribution in [1.29, 1.82) is 0 Å². The normalized spacial score (nSPS) is 11.7. The molecule has 0 aliphatic heterocycles. The number of hydrogen-bond acceptors (Lipinski definition) is 4. The monoisotopic (exact) mass is 712 g/mol. The fraction of sp³-hybridized carbons (Fsp3) is 0.235. The summed E-state index contributed by atoms with van der Waals surface area (Å²) in [6, 6.07) is 6.49. The molecule has 2 aromatic carbocycles. The quantitative estimate of drug-likeness (QED) is 0.151. The van der Waals surface area contributed by atoms with E-state index < -0.39 is 16.1 Å². The highest BCUT2D eigenvalue weighted by atomic mass is 127. The molecule has 9 heteroatoms. The van der Waals surface area contributed by atoms with Crippen LogP contribution in [0.25, 0.3) is 0 Å². The van der Waals surface area contributed by atoms with Crippen molar-refractivity contribution in [3.8, 4) is 5.75 Å². The molecule has 1 N–H and O–H groups in total. The Labute approximate surface area is 193 Å². The summed E-state index contributed by atoms with van der Waals surface area (Å²) in [5, 5.41) is 0. The van der Waals surface area contributed by atoms with Crippen LogP contribution in [0.15, 0.2) is 29.2 Å². The second kappa shape index (κ2) is 8.57. The summed E-state index contributed by atoms with van der Waals surface area (Å²) in [4.78, 5) is 12.4. The van der Waals surface area contributed by atoms with Crippen LogP contribution in [0.3, 0.4) is 0 Å². The zero-order chi connectivity index (χ0) is 19.8. The minimum absolute atomic E-state index is 0.164. The van der Waals surface area contributed by atoms with Gasteiger partial charge in [0, 0.05) is 10.7 Å². The number of rotatable bonds is 4. The number of halogens is 3. The van der Waals surface area contributed by atoms with E-state index in [4.69, 9.17) is 4.74 Å². The predicted molar refractivity (Wildman–Crippen MR) is 125 cm³/mol. The molecule has 0 spiro atoms. The number of ether oxygens (including phenoxy) is 1. The van der Waals surface area contributed by atoms with Crippen LogP contribution in [0.1, 0.15) is 41.3 Å². The third-order valence-corrected chi connectivity index (χ3v) is 8.26. The molecule has 0 atom stereocenters. The molecule has 0 aromatic heterocycles. The zero-order valence-electron chi connectivity index (χ0n) is 14.0. The molecular weight excluding hydrogens is 697 g/mol. The molecule has 0 amide bonds. The van der Waals surface area contributed by atoms with Gasteiger partial charge in [-0.2, -0.15) is 8.42 Å². The van der Waals surface area contributed by atoms with E-state index in [9.17, 15) is 17.8 Å². The Morgan fingerprint density at radius 3 is 2.15 bits per heavy atom. The van der Waals surface area contributed by atoms with Gasteiger partial charge in [-0.3, -0.25) is 4.55 Å². The first-order chi connectivity index (χ1) is 11.9. The maximum Gasteiger partial charge on any atom is 0.344 e. The van der Waals surface area contributed by atoms with E-state index in [2.05, 4.69) is 67.8 Å². The maximum absolute atomic E-state index is 12.6. The smallest absolute Gasteiger partial charge is 0.344 e. The molecule has 0 saturated carbocycles. The number of hydrogen-bond donors (Lipinski definition) is 1. The van der Waals surface area contributed by atoms with Crippen LogP contribution in [0.2, 0.25) is 0 Å². The van der Waals surface area contributed by atoms with Gasteiger partial charge in [-0.25, -0.2) is 4.79 Å². The fourth-order valence-corrected chi connectivity index (χ4v) is 5.43. The van der Waals surface area contributed by atoms with Crippen LogP contribution in [-0.2, 0) is 10.1 Å². The molecule has 26 heavy (non-hydrogen) atoms. The van der Waals surface area contributed by atoms with E-state index in [1.54, 1.807) is 26.8 Å². The molecule has 0 fully saturated rings. The average Bonchev–Trinajstić information content (AvgIpc) is 2.51. The SMILES string of the molecule is Cc1cc(S(=O)(=O)O)c(C(C)C)cc1OC(=O)c1cc(I)c(I)cc1I. The van der Waals surface area contributed by atoms with Gasteiger partial charge in [-0.05, 0) is 116 Å². The van der Waals surface area contributed by atoms with E-state index in [1.807, 2.05) is 6.07 Å². The van der Waals surface area contributed by atoms with Gasteiger partial charge >= 0.3 is 5.97 Å². The highest BCUT2D eigenvalue weighted by Gasteiger charge is 2.22. The Morgan fingerprint density at radius 2 is 1.62 bits per heavy atom. The second-order valence-electron chi connectivity index (χ2n) is 5.92. The summed E-state index contributed by atoms with van der Waals surface area (Å²) in [6.45, 7) is 5.23. The molecule has 0 saturated heterocycles. The second-order valence-corrected chi connectivity index (χ2v) is 10.8. The standard InChI is InChI=1S/C17H15I3O5S/c1-8(2)10-6-15(9(3)4-16(10)26(22,23)24)25-17(21)11-5-13(19)14(20)7-12(11)18/h4-8H,1-3H3,(H,22,23,24). The van der Waals surface area contributed by atoms with E-state index in [1.165, 1.54) is 12.1 Å². The number of benzene rings is 2. The lowest BCUT2D eigenvalue weighted by atomic mass is 10.0. The summed E-state index contributed by atoms with van der Waals surface area (Å²) in [7, 11) is -4.36. The Morgan fingerprint density at radius 1 is 1.04 bits per heavy atom. The molecule has 0 aliphatic rings. The van der Waals surface area contributed by atoms with E-state index in [-0.39, 0.29) is 16.6 Å². The van der Waals surface area contributed by atoms with Crippen molar-refractivity contribution in [3.05, 3.63) is 51.7 Å². The zero-order valence-corrected chi connectivity index (χ0v) is 21.3. The Hall–Kier alpha value is 0.0100. The molecule has 0 heterocycles. The molecular formula is C17H15I3O5S. The molecule has 0 unspecified atom stereocenters. The van der Waals surface area contributed by atoms with Gasteiger partial charge in [0.1, 0.15) is 5.75 Å². The molecule has 0 radical (unpaired) electrons. The van der Waals surface area contributed by atoms with Gasteiger partial charge in [-0.15, -0.1) is 0 Å². The van der Waals surface area contributed by atoms with Gasteiger partial charge in [0.15, 0.2) is 0 Å². The van der Waals surface area contributed by atoms with Gasteiger partial charge in [-0.1, -0.05) is 13.8 Å². The molecule has 0 bridgehead atoms. The van der Waals surface area contributed by atoms with E-state index in [0.717, 1.165) is 10.7 Å². The van der Waals surface area contributed by atoms with Crippen molar-refractivity contribution in [1.82, 2.24) is 0 Å². The lowest BCUT2D eigenvalue weighted by molar-refractivity contribution is 0.0732. The van der Waals surface area contributed by atoms with Gasteiger partial charge in [0.2, 0.25) is 0 Å². The Kier molecular flexibility index (Phi) is 7.35. The van der Waals surface area contributed by atoms with Gasteiger partial charge in [0.05, 0.1) is 10.5 Å². The minimum Gasteiger partial charge on any atom is -0.423 e. The van der Waals surface area contributed by atoms with Crippen molar-refractivity contribution in [2.24, 2.45) is 0 Å². The topological polar surface area (TPSA) is 80.7 Å². The van der Waals surface area contributed by atoms with Crippen LogP contribution in [0.4, 0.5) is 0 Å². The summed E-state index contributed by atoms with van der Waals surface area (Å²) < 4.78 is 41.0. The third-order valence-electron chi connectivity index (χ3n) is 3.64. The highest BCUT2D eigenvalue weighted by Crippen LogP contribution is 2.32. The number of carbonyl (C=O) groups excluding carboxylic acids is 1. The summed E-state index contributed by atoms with van der Waals surface area (Å²) >= 11 is 6.43. The van der Waals surface area contributed by atoms with Crippen molar-refractivity contribution < 1.29 is 22.5 Å². The first kappa shape index (κ1) is 22.3. The van der Waals surface area contributed by atoms with Crippen LogP contribution in [-0.4, -0.2) is 18.9 Å². The first-order valence-corrected chi connectivity index (χ1v) is 12.1. The average molecular weight is 712 g/mol. The van der Waals surface area contributed by atoms with Crippen molar-refractivity contribution in [2.45, 2.75) is 31.6 Å². The molecule has 2 rings (SSSR count). The predicted octanol–water partition coefficient (Wildman–Crippen LogP) is 5.40. The van der Waals surface area contributed by atoms with Crippen LogP contribution in [0.5, 0.6) is 5.75 Å². The number of esters is 1. The third kappa shape index (κ3) is 5.08. The van der Waals surface area contributed by atoms with Crippen LogP contribution < -0.4 is 4.74 Å². The largest absolute Gasteiger partial charge is 0.423 e. The lowest BCUT2D eigenvalue weighted by Gasteiger charge is -2.16. The van der Waals surface area contributed by atoms with E-state index in [0.29, 0.717) is 16.7 Å². The summed E-state index contributed by atoms with van der Waals surface area (Å²) in [5.74, 6) is -0.416. The van der Waals surface area contributed by atoms with Crippen molar-refractivity contribution >= 4 is 83.9 Å². The van der Waals surface area contributed by atoms with E-state index >= 15 is 0 Å². The first-order valence-electron chi connectivity index (χ1n) is 7.40.